The molecule has 1 N–H and O–H groups in total. The van der Waals surface area contributed by atoms with Gasteiger partial charge in [0, 0.05) is 6.54 Å². The molecule has 1 atom stereocenters. The molecule has 0 saturated heterocycles. The summed E-state index contributed by atoms with van der Waals surface area (Å²) in [7, 11) is 0. The minimum Gasteiger partial charge on any atom is -0.316 e. The molecule has 0 amide bonds. The van der Waals surface area contributed by atoms with Crippen LogP contribution in [0.25, 0.3) is 0 Å². The molecule has 0 radical (unpaired) electrons. The van der Waals surface area contributed by atoms with Gasteiger partial charge in [0.2, 0.25) is 0 Å². The molecule has 1 nitrogen and oxygen atoms in total. The zero-order valence-electron chi connectivity index (χ0n) is 12.1. The highest BCUT2D eigenvalue weighted by molar-refractivity contribution is 5.34. The lowest BCUT2D eigenvalue weighted by molar-refractivity contribution is 0.292. The molecule has 1 heteroatoms. The average Bonchev–Trinajstić information content (AvgIpc) is 2.32. The smallest absolute Gasteiger partial charge is 0.000813 e. The quantitative estimate of drug-likeness (QED) is 0.786. The molecule has 0 fully saturated rings. The summed E-state index contributed by atoms with van der Waals surface area (Å²) in [5, 5.41) is 3.50. The van der Waals surface area contributed by atoms with Crippen LogP contribution in [-0.2, 0) is 6.42 Å². The fourth-order valence-corrected chi connectivity index (χ4v) is 2.29. The van der Waals surface area contributed by atoms with E-state index in [9.17, 15) is 0 Å². The van der Waals surface area contributed by atoms with Crippen LogP contribution in [0, 0.1) is 19.3 Å². The monoisotopic (exact) mass is 233 g/mol. The lowest BCUT2D eigenvalue weighted by Crippen LogP contribution is -2.33. The maximum Gasteiger partial charge on any atom is 0.000813 e. The second kappa shape index (κ2) is 6.20. The normalized spacial score (nSPS) is 14.6. The molecule has 0 bridgehead atoms. The Morgan fingerprint density at radius 2 is 1.71 bits per heavy atom. The second-order valence-electron chi connectivity index (χ2n) is 5.49. The van der Waals surface area contributed by atoms with Gasteiger partial charge in [0.25, 0.3) is 0 Å². The second-order valence-corrected chi connectivity index (χ2v) is 5.49. The van der Waals surface area contributed by atoms with Crippen LogP contribution in [0.3, 0.4) is 0 Å². The minimum atomic E-state index is 0.368. The first kappa shape index (κ1) is 14.2. The summed E-state index contributed by atoms with van der Waals surface area (Å²) in [6.45, 7) is 13.5. The molecule has 0 aromatic heterocycles. The first-order chi connectivity index (χ1) is 8.02. The summed E-state index contributed by atoms with van der Waals surface area (Å²) in [5.74, 6) is 0. The molecule has 96 valence electrons. The standard InChI is InChI=1S/C16H27N/c1-6-16(5,12-17-7-2)11-15-13(3)9-8-10-14(15)4/h8-10,17H,6-7,11-12H2,1-5H3. The lowest BCUT2D eigenvalue weighted by atomic mass is 9.79. The number of rotatable bonds is 6. The van der Waals surface area contributed by atoms with Crippen LogP contribution in [0.2, 0.25) is 0 Å². The van der Waals surface area contributed by atoms with Gasteiger partial charge in [-0.25, -0.2) is 0 Å². The Bertz CT molecular complexity index is 336. The molecule has 0 heterocycles. The lowest BCUT2D eigenvalue weighted by Gasteiger charge is -2.30. The highest BCUT2D eigenvalue weighted by Crippen LogP contribution is 2.28. The topological polar surface area (TPSA) is 12.0 Å². The summed E-state index contributed by atoms with van der Waals surface area (Å²) in [6.07, 6.45) is 2.39. The van der Waals surface area contributed by atoms with Crippen LogP contribution < -0.4 is 5.32 Å². The summed E-state index contributed by atoms with van der Waals surface area (Å²) in [5.41, 5.74) is 4.77. The predicted octanol–water partition coefficient (Wildman–Crippen LogP) is 3.87. The number of benzene rings is 1. The Hall–Kier alpha value is -0.820. The molecule has 17 heavy (non-hydrogen) atoms. The van der Waals surface area contributed by atoms with Gasteiger partial charge in [0.05, 0.1) is 0 Å². The molecular formula is C16H27N. The zero-order valence-corrected chi connectivity index (χ0v) is 12.1. The van der Waals surface area contributed by atoms with Crippen LogP contribution in [0.4, 0.5) is 0 Å². The summed E-state index contributed by atoms with van der Waals surface area (Å²) in [4.78, 5) is 0. The molecule has 0 saturated carbocycles. The SMILES string of the molecule is CCNCC(C)(CC)Cc1c(C)cccc1C. The van der Waals surface area contributed by atoms with Gasteiger partial charge in [0.1, 0.15) is 0 Å². The van der Waals surface area contributed by atoms with Crippen LogP contribution in [0.5, 0.6) is 0 Å². The van der Waals surface area contributed by atoms with E-state index >= 15 is 0 Å². The molecular weight excluding hydrogens is 206 g/mol. The maximum atomic E-state index is 3.50. The van der Waals surface area contributed by atoms with Crippen molar-refractivity contribution in [3.8, 4) is 0 Å². The van der Waals surface area contributed by atoms with Crippen molar-refractivity contribution in [2.45, 2.75) is 47.5 Å². The molecule has 1 aromatic rings. The Labute approximate surface area is 107 Å². The predicted molar refractivity (Wildman–Crippen MR) is 76.6 cm³/mol. The van der Waals surface area contributed by atoms with Gasteiger partial charge in [-0.1, -0.05) is 39.0 Å². The minimum absolute atomic E-state index is 0.368. The van der Waals surface area contributed by atoms with E-state index in [0.29, 0.717) is 5.41 Å². The van der Waals surface area contributed by atoms with Crippen LogP contribution in [-0.4, -0.2) is 13.1 Å². The fraction of sp³-hybridized carbons (Fsp3) is 0.625. The first-order valence-electron chi connectivity index (χ1n) is 6.78. The molecule has 0 aliphatic heterocycles. The summed E-state index contributed by atoms with van der Waals surface area (Å²) >= 11 is 0. The Balaban J connectivity index is 2.86. The third-order valence-corrected chi connectivity index (χ3v) is 3.90. The van der Waals surface area contributed by atoms with Crippen molar-refractivity contribution in [2.75, 3.05) is 13.1 Å². The summed E-state index contributed by atoms with van der Waals surface area (Å²) in [6, 6.07) is 6.61. The Morgan fingerprint density at radius 3 is 2.18 bits per heavy atom. The van der Waals surface area contributed by atoms with E-state index in [-0.39, 0.29) is 0 Å². The molecule has 0 aliphatic rings. The van der Waals surface area contributed by atoms with Crippen molar-refractivity contribution in [1.82, 2.24) is 5.32 Å². The van der Waals surface area contributed by atoms with E-state index in [1.807, 2.05) is 0 Å². The van der Waals surface area contributed by atoms with Gasteiger partial charge in [-0.05, 0) is 55.3 Å². The van der Waals surface area contributed by atoms with Crippen molar-refractivity contribution in [1.29, 1.82) is 0 Å². The van der Waals surface area contributed by atoms with Gasteiger partial charge in [0.15, 0.2) is 0 Å². The van der Waals surface area contributed by atoms with Crippen LogP contribution in [0.1, 0.15) is 43.9 Å². The van der Waals surface area contributed by atoms with Crippen molar-refractivity contribution in [3.05, 3.63) is 34.9 Å². The Morgan fingerprint density at radius 1 is 1.12 bits per heavy atom. The fourth-order valence-electron chi connectivity index (χ4n) is 2.29. The third kappa shape index (κ3) is 3.85. The number of aryl methyl sites for hydroxylation is 2. The van der Waals surface area contributed by atoms with Crippen molar-refractivity contribution < 1.29 is 0 Å². The molecule has 0 spiro atoms. The third-order valence-electron chi connectivity index (χ3n) is 3.90. The van der Waals surface area contributed by atoms with E-state index in [0.717, 1.165) is 13.1 Å². The number of hydrogen-bond acceptors (Lipinski definition) is 1. The van der Waals surface area contributed by atoms with Gasteiger partial charge >= 0.3 is 0 Å². The van der Waals surface area contributed by atoms with Crippen LogP contribution >= 0.6 is 0 Å². The highest BCUT2D eigenvalue weighted by Gasteiger charge is 2.23. The van der Waals surface area contributed by atoms with Gasteiger partial charge < -0.3 is 5.32 Å². The molecule has 0 aliphatic carbocycles. The maximum absolute atomic E-state index is 3.50. The van der Waals surface area contributed by atoms with Gasteiger partial charge in [-0.15, -0.1) is 0 Å². The van der Waals surface area contributed by atoms with E-state index in [1.165, 1.54) is 29.5 Å². The number of hydrogen-bond donors (Lipinski definition) is 1. The highest BCUT2D eigenvalue weighted by atomic mass is 14.9. The largest absolute Gasteiger partial charge is 0.316 e. The van der Waals surface area contributed by atoms with E-state index in [2.05, 4.69) is 58.1 Å². The summed E-state index contributed by atoms with van der Waals surface area (Å²) < 4.78 is 0. The van der Waals surface area contributed by atoms with Crippen molar-refractivity contribution >= 4 is 0 Å². The van der Waals surface area contributed by atoms with E-state index in [4.69, 9.17) is 0 Å². The van der Waals surface area contributed by atoms with Crippen LogP contribution in [0.15, 0.2) is 18.2 Å². The van der Waals surface area contributed by atoms with Gasteiger partial charge in [-0.2, -0.15) is 0 Å². The van der Waals surface area contributed by atoms with E-state index < -0.39 is 0 Å². The Kier molecular flexibility index (Phi) is 5.20. The average molecular weight is 233 g/mol. The molecule has 1 rings (SSSR count). The molecule has 1 aromatic carbocycles. The van der Waals surface area contributed by atoms with Gasteiger partial charge in [-0.3, -0.25) is 0 Å². The molecule has 1 unspecified atom stereocenters. The van der Waals surface area contributed by atoms with Crippen molar-refractivity contribution in [3.63, 3.8) is 0 Å². The first-order valence-corrected chi connectivity index (χ1v) is 6.78. The van der Waals surface area contributed by atoms with E-state index in [1.54, 1.807) is 0 Å². The number of nitrogens with one attached hydrogen (secondary N) is 1. The zero-order chi connectivity index (χ0) is 12.9. The van der Waals surface area contributed by atoms with Crippen molar-refractivity contribution in [2.24, 2.45) is 5.41 Å².